The van der Waals surface area contributed by atoms with Crippen molar-refractivity contribution in [2.45, 2.75) is 49.8 Å². The number of benzene rings is 3. The molecule has 0 fully saturated rings. The first-order chi connectivity index (χ1) is 17.1. The largest absolute Gasteiger partial charge is 0.455 e. The van der Waals surface area contributed by atoms with Crippen LogP contribution in [-0.4, -0.2) is 10.6 Å². The average Bonchev–Trinajstić information content (AvgIpc) is 3.31. The summed E-state index contributed by atoms with van der Waals surface area (Å²) in [6.45, 7) is 6.97. The highest BCUT2D eigenvalue weighted by Gasteiger charge is 2.35. The van der Waals surface area contributed by atoms with Crippen molar-refractivity contribution in [2.24, 2.45) is 0 Å². The third-order valence-corrected chi connectivity index (χ3v) is 7.88. The normalized spacial score (nSPS) is 11.9. The molecular formula is C29H28F3NOS2. The van der Waals surface area contributed by atoms with Crippen molar-refractivity contribution in [3.05, 3.63) is 107 Å². The Kier molecular flexibility index (Phi) is 8.23. The maximum absolute atomic E-state index is 13.1. The molecule has 0 saturated carbocycles. The fourth-order valence-electron chi connectivity index (χ4n) is 4.16. The molecule has 0 spiro atoms. The molecule has 188 valence electrons. The van der Waals surface area contributed by atoms with Crippen molar-refractivity contribution < 1.29 is 17.6 Å². The Bertz CT molecular complexity index is 1310. The Morgan fingerprint density at radius 1 is 0.806 bits per heavy atom. The molecule has 0 N–H and O–H groups in total. The lowest BCUT2D eigenvalue weighted by Crippen LogP contribution is -2.15. The molecule has 1 heterocycles. The van der Waals surface area contributed by atoms with Gasteiger partial charge in [-0.3, -0.25) is 0 Å². The van der Waals surface area contributed by atoms with Crippen LogP contribution in [0.3, 0.4) is 0 Å². The molecule has 3 aromatic carbocycles. The summed E-state index contributed by atoms with van der Waals surface area (Å²) in [6, 6.07) is 23.4. The third kappa shape index (κ3) is 6.58. The Hall–Kier alpha value is -2.61. The number of hydrogen-bond donors (Lipinski definition) is 0. The first-order valence-corrected chi connectivity index (χ1v) is 13.5. The zero-order valence-electron chi connectivity index (χ0n) is 20.6. The average molecular weight is 528 g/mol. The molecule has 4 rings (SSSR count). The van der Waals surface area contributed by atoms with Gasteiger partial charge in [0.15, 0.2) is 0 Å². The first kappa shape index (κ1) is 26.5. The number of furan rings is 1. The van der Waals surface area contributed by atoms with Crippen molar-refractivity contribution in [1.82, 2.24) is 4.31 Å². The van der Waals surface area contributed by atoms with Crippen molar-refractivity contribution in [1.29, 1.82) is 0 Å². The van der Waals surface area contributed by atoms with Gasteiger partial charge in [0, 0.05) is 16.3 Å². The summed E-state index contributed by atoms with van der Waals surface area (Å²) in [5, 5.41) is 0. The second kappa shape index (κ2) is 11.2. The van der Waals surface area contributed by atoms with Crippen molar-refractivity contribution >= 4 is 23.7 Å². The number of halogens is 3. The molecule has 0 aliphatic rings. The third-order valence-electron chi connectivity index (χ3n) is 5.81. The van der Waals surface area contributed by atoms with Crippen LogP contribution in [0.1, 0.15) is 33.8 Å². The molecule has 0 saturated heterocycles. The van der Waals surface area contributed by atoms with Crippen molar-refractivity contribution in [3.63, 3.8) is 0 Å². The summed E-state index contributed by atoms with van der Waals surface area (Å²) in [4.78, 5) is 2.31. The van der Waals surface area contributed by atoms with Crippen LogP contribution in [0.15, 0.2) is 87.0 Å². The molecule has 36 heavy (non-hydrogen) atoms. The Morgan fingerprint density at radius 3 is 2.11 bits per heavy atom. The lowest BCUT2D eigenvalue weighted by Gasteiger charge is -2.23. The van der Waals surface area contributed by atoms with Gasteiger partial charge < -0.3 is 4.42 Å². The van der Waals surface area contributed by atoms with Gasteiger partial charge in [-0.1, -0.05) is 54.1 Å². The van der Waals surface area contributed by atoms with E-state index < -0.39 is 11.9 Å². The highest BCUT2D eigenvalue weighted by atomic mass is 32.2. The van der Waals surface area contributed by atoms with E-state index in [4.69, 9.17) is 4.42 Å². The second-order valence-electron chi connectivity index (χ2n) is 8.81. The van der Waals surface area contributed by atoms with E-state index in [9.17, 15) is 13.2 Å². The predicted molar refractivity (Wildman–Crippen MR) is 143 cm³/mol. The molecule has 0 aliphatic carbocycles. The van der Waals surface area contributed by atoms with Gasteiger partial charge in [0.05, 0.1) is 6.54 Å². The minimum absolute atomic E-state index is 0.241. The van der Waals surface area contributed by atoms with Gasteiger partial charge in [-0.2, -0.15) is 13.2 Å². The van der Waals surface area contributed by atoms with E-state index in [0.29, 0.717) is 6.54 Å². The van der Waals surface area contributed by atoms with Crippen LogP contribution in [0.4, 0.5) is 13.2 Å². The number of hydrogen-bond acceptors (Lipinski definition) is 4. The molecule has 0 atom stereocenters. The van der Waals surface area contributed by atoms with Gasteiger partial charge in [-0.15, -0.1) is 11.8 Å². The highest BCUT2D eigenvalue weighted by Crippen LogP contribution is 2.35. The van der Waals surface area contributed by atoms with Crippen LogP contribution in [0.5, 0.6) is 0 Å². The molecule has 1 aromatic heterocycles. The molecule has 0 radical (unpaired) electrons. The quantitative estimate of drug-likeness (QED) is 0.168. The van der Waals surface area contributed by atoms with E-state index in [2.05, 4.69) is 87.7 Å². The Morgan fingerprint density at radius 2 is 1.50 bits per heavy atom. The highest BCUT2D eigenvalue weighted by molar-refractivity contribution is 7.98. The second-order valence-corrected chi connectivity index (χ2v) is 10.8. The van der Waals surface area contributed by atoms with Crippen LogP contribution in [-0.2, 0) is 19.3 Å². The zero-order chi connectivity index (χ0) is 25.9. The molecule has 0 aliphatic heterocycles. The predicted octanol–water partition coefficient (Wildman–Crippen LogP) is 9.32. The molecule has 0 bridgehead atoms. The Balaban J connectivity index is 1.59. The zero-order valence-corrected chi connectivity index (χ0v) is 22.3. The first-order valence-electron chi connectivity index (χ1n) is 11.5. The monoisotopic (exact) mass is 527 g/mol. The van der Waals surface area contributed by atoms with E-state index in [1.54, 1.807) is 23.7 Å². The van der Waals surface area contributed by atoms with Crippen molar-refractivity contribution in [2.75, 3.05) is 6.26 Å². The summed E-state index contributed by atoms with van der Waals surface area (Å²) >= 11 is 3.26. The fraction of sp³-hybridized carbons (Fsp3) is 0.241. The summed E-state index contributed by atoms with van der Waals surface area (Å²) in [7, 11) is 0. The van der Waals surface area contributed by atoms with Gasteiger partial charge >= 0.3 is 6.18 Å². The lowest BCUT2D eigenvalue weighted by atomic mass is 10.0. The molecule has 4 aromatic rings. The SMILES string of the molecule is CSc1cccc(-c2ccc(CN(Cc3ccc(C(F)(F)F)o3)Sc3c(C)cc(C)cc3C)cc2)c1. The van der Waals surface area contributed by atoms with E-state index in [0.717, 1.165) is 38.8 Å². The summed E-state index contributed by atoms with van der Waals surface area (Å²) in [5.74, 6) is -0.690. The lowest BCUT2D eigenvalue weighted by molar-refractivity contribution is -0.153. The van der Waals surface area contributed by atoms with Crippen LogP contribution in [0.2, 0.25) is 0 Å². The van der Waals surface area contributed by atoms with E-state index in [1.165, 1.54) is 16.5 Å². The minimum Gasteiger partial charge on any atom is -0.455 e. The van der Waals surface area contributed by atoms with Crippen LogP contribution in [0, 0.1) is 20.8 Å². The Labute approximate surface area is 219 Å². The molecule has 7 heteroatoms. The number of aryl methyl sites for hydroxylation is 3. The van der Waals surface area contributed by atoms with E-state index in [-0.39, 0.29) is 12.3 Å². The number of thioether (sulfide) groups is 1. The summed E-state index contributed by atoms with van der Waals surface area (Å²) < 4.78 is 46.5. The van der Waals surface area contributed by atoms with Crippen molar-refractivity contribution in [3.8, 4) is 11.1 Å². The van der Waals surface area contributed by atoms with Gasteiger partial charge in [0.25, 0.3) is 0 Å². The van der Waals surface area contributed by atoms with Crippen LogP contribution >= 0.6 is 23.7 Å². The minimum atomic E-state index is -4.50. The number of nitrogens with zero attached hydrogens (tertiary/aromatic N) is 1. The maximum atomic E-state index is 13.1. The molecule has 0 unspecified atom stereocenters. The smallest absolute Gasteiger partial charge is 0.449 e. The van der Waals surface area contributed by atoms with Gasteiger partial charge in [0.1, 0.15) is 5.76 Å². The van der Waals surface area contributed by atoms with Gasteiger partial charge in [-0.05, 0) is 91.1 Å². The van der Waals surface area contributed by atoms with Gasteiger partial charge in [0.2, 0.25) is 5.76 Å². The molecule has 2 nitrogen and oxygen atoms in total. The molecular weight excluding hydrogens is 499 g/mol. The van der Waals surface area contributed by atoms with E-state index >= 15 is 0 Å². The molecule has 0 amide bonds. The summed E-state index contributed by atoms with van der Waals surface area (Å²) in [5.41, 5.74) is 6.81. The van der Waals surface area contributed by atoms with Crippen LogP contribution in [0.25, 0.3) is 11.1 Å². The number of rotatable bonds is 8. The van der Waals surface area contributed by atoms with E-state index in [1.807, 2.05) is 4.31 Å². The standard InChI is InChI=1S/C29H28F3NOS2/c1-19-14-20(2)28(21(3)15-19)36-33(18-25-12-13-27(34-25)29(30,31)32)17-22-8-10-23(11-9-22)24-6-5-7-26(16-24)35-4/h5-16H,17-18H2,1-4H3. The topological polar surface area (TPSA) is 16.4 Å². The maximum Gasteiger partial charge on any atom is 0.449 e. The fourth-order valence-corrected chi connectivity index (χ4v) is 5.69. The number of alkyl halides is 3. The van der Waals surface area contributed by atoms with Gasteiger partial charge in [-0.25, -0.2) is 4.31 Å². The van der Waals surface area contributed by atoms with Crippen LogP contribution < -0.4 is 0 Å². The summed E-state index contributed by atoms with van der Waals surface area (Å²) in [6.07, 6.45) is -2.44.